The van der Waals surface area contributed by atoms with Crippen LogP contribution in [0.3, 0.4) is 0 Å². The van der Waals surface area contributed by atoms with Crippen molar-refractivity contribution in [3.63, 3.8) is 0 Å². The lowest BCUT2D eigenvalue weighted by molar-refractivity contribution is -0.116. The Morgan fingerprint density at radius 1 is 1.06 bits per heavy atom. The molecule has 31 heavy (non-hydrogen) atoms. The molecule has 0 aliphatic carbocycles. The van der Waals surface area contributed by atoms with Crippen molar-refractivity contribution in [1.29, 1.82) is 0 Å². The number of carbonyl (C=O) groups excluding carboxylic acids is 1. The number of nitrogens with one attached hydrogen (secondary N) is 2. The molecule has 8 heteroatoms. The summed E-state index contributed by atoms with van der Waals surface area (Å²) >= 11 is 1.43. The highest BCUT2D eigenvalue weighted by molar-refractivity contribution is 8.00. The Hall–Kier alpha value is -3.00. The fourth-order valence-corrected chi connectivity index (χ4v) is 4.65. The molecule has 2 atom stereocenters. The van der Waals surface area contributed by atoms with Crippen LogP contribution in [0.25, 0.3) is 0 Å². The van der Waals surface area contributed by atoms with Gasteiger partial charge in [0.05, 0.1) is 12.6 Å². The molecule has 2 aromatic carbocycles. The first-order chi connectivity index (χ1) is 15.1. The van der Waals surface area contributed by atoms with E-state index in [0.717, 1.165) is 35.7 Å². The summed E-state index contributed by atoms with van der Waals surface area (Å²) in [5, 5.41) is 11.9. The molecule has 0 saturated carbocycles. The molecule has 1 aliphatic heterocycles. The third kappa shape index (κ3) is 4.54. The van der Waals surface area contributed by atoms with Gasteiger partial charge < -0.3 is 15.5 Å². The minimum atomic E-state index is -0.402. The third-order valence-corrected chi connectivity index (χ3v) is 6.47. The zero-order valence-electron chi connectivity index (χ0n) is 18.0. The van der Waals surface area contributed by atoms with Gasteiger partial charge in [0, 0.05) is 12.1 Å². The highest BCUT2D eigenvalue weighted by atomic mass is 32.2. The second kappa shape index (κ2) is 9.43. The number of carbonyl (C=O) groups is 1. The van der Waals surface area contributed by atoms with Crippen LogP contribution in [-0.2, 0) is 17.6 Å². The number of fused-ring (bicyclic) bond motifs is 1. The molecule has 0 bridgehead atoms. The van der Waals surface area contributed by atoms with Crippen LogP contribution >= 0.6 is 11.8 Å². The van der Waals surface area contributed by atoms with Crippen molar-refractivity contribution >= 4 is 23.4 Å². The molecule has 7 nitrogen and oxygen atoms in total. The molecular formula is C23H27N5O2S. The summed E-state index contributed by atoms with van der Waals surface area (Å²) in [7, 11) is 0. The van der Waals surface area contributed by atoms with Gasteiger partial charge in [-0.25, -0.2) is 4.68 Å². The van der Waals surface area contributed by atoms with Crippen LogP contribution in [0.15, 0.2) is 53.7 Å². The predicted octanol–water partition coefficient (Wildman–Crippen LogP) is 4.20. The summed E-state index contributed by atoms with van der Waals surface area (Å²) in [6.45, 7) is 6.72. The Bertz CT molecular complexity index is 1030. The Morgan fingerprint density at radius 2 is 1.81 bits per heavy atom. The molecule has 2 heterocycles. The van der Waals surface area contributed by atoms with Gasteiger partial charge >= 0.3 is 0 Å². The van der Waals surface area contributed by atoms with Gasteiger partial charge in [-0.05, 0) is 48.7 Å². The molecule has 162 valence electrons. The van der Waals surface area contributed by atoms with Gasteiger partial charge in [-0.2, -0.15) is 0 Å². The van der Waals surface area contributed by atoms with Gasteiger partial charge in [0.1, 0.15) is 11.0 Å². The number of benzene rings is 2. The highest BCUT2D eigenvalue weighted by Crippen LogP contribution is 2.37. The molecule has 0 unspecified atom stereocenters. The van der Waals surface area contributed by atoms with Gasteiger partial charge in [-0.1, -0.05) is 49.9 Å². The molecule has 2 N–H and O–H groups in total. The Morgan fingerprint density at radius 3 is 2.45 bits per heavy atom. The van der Waals surface area contributed by atoms with Crippen LogP contribution in [0.2, 0.25) is 0 Å². The number of aromatic nitrogens is 3. The van der Waals surface area contributed by atoms with Gasteiger partial charge in [-0.3, -0.25) is 4.79 Å². The zero-order valence-corrected chi connectivity index (χ0v) is 18.8. The number of anilines is 1. The summed E-state index contributed by atoms with van der Waals surface area (Å²) in [4.78, 5) is 13.3. The maximum absolute atomic E-state index is 13.3. The molecule has 1 aromatic heterocycles. The first-order valence-corrected chi connectivity index (χ1v) is 11.5. The number of rotatable bonds is 7. The van der Waals surface area contributed by atoms with Crippen molar-refractivity contribution in [3.8, 4) is 5.75 Å². The molecular weight excluding hydrogens is 410 g/mol. The molecule has 1 aliphatic rings. The minimum absolute atomic E-state index is 0.0847. The van der Waals surface area contributed by atoms with Crippen molar-refractivity contribution in [3.05, 3.63) is 65.5 Å². The summed E-state index contributed by atoms with van der Waals surface area (Å²) in [5.74, 6) is 1.55. The van der Waals surface area contributed by atoms with E-state index in [2.05, 4.69) is 52.1 Å². The van der Waals surface area contributed by atoms with E-state index in [1.54, 1.807) is 0 Å². The van der Waals surface area contributed by atoms with Crippen molar-refractivity contribution in [1.82, 2.24) is 14.9 Å². The first-order valence-electron chi connectivity index (χ1n) is 10.6. The van der Waals surface area contributed by atoms with E-state index in [4.69, 9.17) is 4.74 Å². The van der Waals surface area contributed by atoms with Gasteiger partial charge in [0.15, 0.2) is 5.82 Å². The van der Waals surface area contributed by atoms with Crippen molar-refractivity contribution < 1.29 is 9.53 Å². The first kappa shape index (κ1) is 21.2. The number of thioether (sulfide) groups is 1. The lowest BCUT2D eigenvalue weighted by Crippen LogP contribution is -2.41. The maximum atomic E-state index is 13.3. The van der Waals surface area contributed by atoms with Gasteiger partial charge in [0.2, 0.25) is 11.1 Å². The van der Waals surface area contributed by atoms with E-state index in [-0.39, 0.29) is 11.9 Å². The van der Waals surface area contributed by atoms with E-state index in [1.165, 1.54) is 17.3 Å². The van der Waals surface area contributed by atoms with E-state index in [0.29, 0.717) is 11.8 Å². The number of ether oxygens (including phenoxy) is 1. The van der Waals surface area contributed by atoms with Gasteiger partial charge in [-0.15, -0.1) is 10.2 Å². The van der Waals surface area contributed by atoms with Crippen LogP contribution in [-0.4, -0.2) is 32.6 Å². The van der Waals surface area contributed by atoms with Crippen LogP contribution in [0, 0.1) is 0 Å². The monoisotopic (exact) mass is 437 g/mol. The van der Waals surface area contributed by atoms with Crippen molar-refractivity contribution in [2.75, 3.05) is 17.3 Å². The Kier molecular flexibility index (Phi) is 6.46. The molecule has 0 spiro atoms. The number of hydrogen-bond donors (Lipinski definition) is 2. The smallest absolute Gasteiger partial charge is 0.240 e. The van der Waals surface area contributed by atoms with Crippen LogP contribution in [0.5, 0.6) is 5.75 Å². The quantitative estimate of drug-likeness (QED) is 0.577. The number of aryl methyl sites for hydroxylation is 2. The third-order valence-electron chi connectivity index (χ3n) is 5.26. The average Bonchev–Trinajstić information content (AvgIpc) is 3.22. The van der Waals surface area contributed by atoms with Crippen LogP contribution in [0.4, 0.5) is 5.69 Å². The molecule has 0 saturated heterocycles. The standard InChI is InChI=1S/C23H27N5O2S/c1-4-15-7-9-16(10-8-15)20-21(31-23-26-25-19(5-2)28(23)27-20)22(29)24-17-11-13-18(14-12-17)30-6-3/h7-14,20-21,27H,4-6H2,1-3H3,(H,24,29)/t20-,21-/m0/s1. The zero-order chi connectivity index (χ0) is 21.8. The topological polar surface area (TPSA) is 81.1 Å². The maximum Gasteiger partial charge on any atom is 0.240 e. The van der Waals surface area contributed by atoms with Crippen LogP contribution in [0.1, 0.15) is 43.8 Å². The van der Waals surface area contributed by atoms with E-state index < -0.39 is 5.25 Å². The number of hydrogen-bond acceptors (Lipinski definition) is 6. The number of nitrogens with zero attached hydrogens (tertiary/aromatic N) is 3. The fraction of sp³-hybridized carbons (Fsp3) is 0.348. The fourth-order valence-electron chi connectivity index (χ4n) is 3.55. The molecule has 0 radical (unpaired) electrons. The number of amides is 1. The second-order valence-electron chi connectivity index (χ2n) is 7.27. The van der Waals surface area contributed by atoms with Crippen LogP contribution < -0.4 is 15.5 Å². The SMILES string of the molecule is CCOc1ccc(NC(=O)[C@H]2Sc3nnc(CC)n3N[C@H]2c2ccc(CC)cc2)cc1. The van der Waals surface area contributed by atoms with E-state index in [9.17, 15) is 4.79 Å². The Balaban J connectivity index is 1.60. The van der Waals surface area contributed by atoms with E-state index in [1.807, 2.05) is 42.8 Å². The Labute approximate surface area is 186 Å². The predicted molar refractivity (Wildman–Crippen MR) is 123 cm³/mol. The molecule has 1 amide bonds. The molecule has 0 fully saturated rings. The normalized spacial score (nSPS) is 17.5. The average molecular weight is 438 g/mol. The van der Waals surface area contributed by atoms with E-state index >= 15 is 0 Å². The van der Waals surface area contributed by atoms with Crippen molar-refractivity contribution in [2.45, 2.75) is 50.1 Å². The largest absolute Gasteiger partial charge is 0.494 e. The molecule has 4 rings (SSSR count). The highest BCUT2D eigenvalue weighted by Gasteiger charge is 2.37. The lowest BCUT2D eigenvalue weighted by atomic mass is 10.0. The lowest BCUT2D eigenvalue weighted by Gasteiger charge is -2.33. The second-order valence-corrected chi connectivity index (χ2v) is 8.38. The summed E-state index contributed by atoms with van der Waals surface area (Å²) < 4.78 is 7.39. The van der Waals surface area contributed by atoms with Gasteiger partial charge in [0.25, 0.3) is 0 Å². The summed E-state index contributed by atoms with van der Waals surface area (Å²) in [5.41, 5.74) is 6.53. The summed E-state index contributed by atoms with van der Waals surface area (Å²) in [6.07, 6.45) is 1.73. The summed E-state index contributed by atoms with van der Waals surface area (Å²) in [6, 6.07) is 15.6. The molecule has 3 aromatic rings. The van der Waals surface area contributed by atoms with Crippen molar-refractivity contribution in [2.24, 2.45) is 0 Å². The minimum Gasteiger partial charge on any atom is -0.494 e.